The fraction of sp³-hybridized carbons (Fsp3) is 0.207. The second-order valence-corrected chi connectivity index (χ2v) is 10.1. The average molecular weight is 535 g/mol. The summed E-state index contributed by atoms with van der Waals surface area (Å²) in [7, 11) is 0. The Balaban J connectivity index is 1.33. The van der Waals surface area contributed by atoms with Crippen molar-refractivity contribution in [1.29, 1.82) is 0 Å². The van der Waals surface area contributed by atoms with E-state index in [0.29, 0.717) is 33.7 Å². The van der Waals surface area contributed by atoms with Crippen LogP contribution in [0.2, 0.25) is 10.0 Å². The molecule has 1 aromatic heterocycles. The third-order valence-corrected chi connectivity index (χ3v) is 7.07. The number of fused-ring (bicyclic) bond motifs is 1. The van der Waals surface area contributed by atoms with Crippen LogP contribution in [0, 0.1) is 11.8 Å². The van der Waals surface area contributed by atoms with Gasteiger partial charge in [-0.15, -0.1) is 0 Å². The molecule has 6 nitrogen and oxygen atoms in total. The zero-order valence-electron chi connectivity index (χ0n) is 20.2. The first-order valence-corrected chi connectivity index (χ1v) is 12.6. The highest BCUT2D eigenvalue weighted by Gasteiger charge is 2.39. The van der Waals surface area contributed by atoms with Gasteiger partial charge in [0.05, 0.1) is 27.0 Å². The highest BCUT2D eigenvalue weighted by atomic mass is 35.5. The summed E-state index contributed by atoms with van der Waals surface area (Å²) >= 11 is 12.9. The lowest BCUT2D eigenvalue weighted by Gasteiger charge is -2.23. The van der Waals surface area contributed by atoms with Gasteiger partial charge in [-0.3, -0.25) is 4.98 Å². The summed E-state index contributed by atoms with van der Waals surface area (Å²) in [5.74, 6) is -0.204. The van der Waals surface area contributed by atoms with Crippen molar-refractivity contribution >= 4 is 45.8 Å². The van der Waals surface area contributed by atoms with E-state index >= 15 is 0 Å². The fourth-order valence-corrected chi connectivity index (χ4v) is 5.09. The van der Waals surface area contributed by atoms with Gasteiger partial charge < -0.3 is 14.7 Å². The fourth-order valence-electron chi connectivity index (χ4n) is 4.50. The van der Waals surface area contributed by atoms with Crippen LogP contribution in [-0.4, -0.2) is 34.5 Å². The summed E-state index contributed by atoms with van der Waals surface area (Å²) in [6.45, 7) is 4.52. The molecule has 5 rings (SSSR count). The van der Waals surface area contributed by atoms with Crippen molar-refractivity contribution in [2.75, 3.05) is 6.61 Å². The Morgan fingerprint density at radius 1 is 1.03 bits per heavy atom. The number of aromatic nitrogens is 1. The van der Waals surface area contributed by atoms with Gasteiger partial charge in [-0.25, -0.2) is 4.79 Å². The topological polar surface area (TPSA) is 81.0 Å². The molecule has 2 heterocycles. The largest absolute Gasteiger partial charge is 0.493 e. The van der Waals surface area contributed by atoms with Crippen LogP contribution >= 0.6 is 23.2 Å². The normalized spacial score (nSPS) is 17.1. The molecular weight excluding hydrogens is 511 g/mol. The van der Waals surface area contributed by atoms with E-state index in [-0.39, 0.29) is 23.5 Å². The quantitative estimate of drug-likeness (QED) is 0.267. The molecule has 4 aromatic rings. The minimum atomic E-state index is -0.994. The Morgan fingerprint density at radius 3 is 2.41 bits per heavy atom. The number of carbonyl (C=O) groups is 1. The number of carboxylic acid groups (broad SMARTS) is 1. The Kier molecular flexibility index (Phi) is 7.04. The van der Waals surface area contributed by atoms with E-state index in [4.69, 9.17) is 32.8 Å². The molecule has 188 valence electrons. The number of rotatable bonds is 7. The minimum absolute atomic E-state index is 0.140. The van der Waals surface area contributed by atoms with Crippen molar-refractivity contribution in [3.05, 3.63) is 94.1 Å². The molecule has 0 saturated carbocycles. The molecule has 0 radical (unpaired) electrons. The molecule has 0 fully saturated rings. The SMILES string of the molecule is CC(C)C1ON=C(c2c(Cl)cccc2Cl)C1COc1ccc(-c2ccc3cc(C(=O)O)cnc3c2)cc1. The summed E-state index contributed by atoms with van der Waals surface area (Å²) in [4.78, 5) is 21.3. The van der Waals surface area contributed by atoms with Crippen LogP contribution in [0.3, 0.4) is 0 Å². The van der Waals surface area contributed by atoms with Crippen LogP contribution in [-0.2, 0) is 4.84 Å². The lowest BCUT2D eigenvalue weighted by molar-refractivity contribution is 0.0178. The molecule has 0 bridgehead atoms. The summed E-state index contributed by atoms with van der Waals surface area (Å²) in [6.07, 6.45) is 1.21. The number of oxime groups is 1. The smallest absolute Gasteiger partial charge is 0.337 e. The monoisotopic (exact) mass is 534 g/mol. The molecular formula is C29H24Cl2N2O4. The number of carboxylic acids is 1. The van der Waals surface area contributed by atoms with Crippen molar-refractivity contribution in [2.24, 2.45) is 17.0 Å². The third-order valence-electron chi connectivity index (χ3n) is 6.44. The second-order valence-electron chi connectivity index (χ2n) is 9.27. The van der Waals surface area contributed by atoms with Gasteiger partial charge in [0.15, 0.2) is 0 Å². The van der Waals surface area contributed by atoms with Gasteiger partial charge in [-0.05, 0) is 53.4 Å². The van der Waals surface area contributed by atoms with Gasteiger partial charge in [-0.1, -0.05) is 72.5 Å². The number of benzene rings is 3. The highest BCUT2D eigenvalue weighted by Crippen LogP contribution is 2.35. The molecule has 2 unspecified atom stereocenters. The van der Waals surface area contributed by atoms with Crippen LogP contribution < -0.4 is 4.74 Å². The predicted octanol–water partition coefficient (Wildman–Crippen LogP) is 7.36. The van der Waals surface area contributed by atoms with E-state index < -0.39 is 5.97 Å². The van der Waals surface area contributed by atoms with Gasteiger partial charge in [0.1, 0.15) is 24.2 Å². The number of halogens is 2. The number of ether oxygens (including phenoxy) is 1. The maximum Gasteiger partial charge on any atom is 0.337 e. The van der Waals surface area contributed by atoms with Crippen LogP contribution in [0.25, 0.3) is 22.0 Å². The maximum absolute atomic E-state index is 11.2. The zero-order valence-corrected chi connectivity index (χ0v) is 21.7. The average Bonchev–Trinajstić information content (AvgIpc) is 3.31. The lowest BCUT2D eigenvalue weighted by atomic mass is 9.87. The number of pyridine rings is 1. The van der Waals surface area contributed by atoms with Crippen molar-refractivity contribution in [2.45, 2.75) is 20.0 Å². The van der Waals surface area contributed by atoms with E-state index in [0.717, 1.165) is 22.0 Å². The third kappa shape index (κ3) is 5.13. The lowest BCUT2D eigenvalue weighted by Crippen LogP contribution is -2.33. The molecule has 0 spiro atoms. The first-order valence-electron chi connectivity index (χ1n) is 11.9. The molecule has 1 N–H and O–H groups in total. The molecule has 1 aliphatic rings. The Morgan fingerprint density at radius 2 is 1.73 bits per heavy atom. The summed E-state index contributed by atoms with van der Waals surface area (Å²) < 4.78 is 6.18. The molecule has 2 atom stereocenters. The van der Waals surface area contributed by atoms with Crippen LogP contribution in [0.5, 0.6) is 5.75 Å². The van der Waals surface area contributed by atoms with Crippen LogP contribution in [0.15, 0.2) is 78.1 Å². The van der Waals surface area contributed by atoms with Gasteiger partial charge >= 0.3 is 5.97 Å². The van der Waals surface area contributed by atoms with E-state index in [1.165, 1.54) is 6.20 Å². The molecule has 0 amide bonds. The number of aromatic carboxylic acids is 1. The second kappa shape index (κ2) is 10.4. The molecule has 0 saturated heterocycles. The van der Waals surface area contributed by atoms with Crippen LogP contribution in [0.4, 0.5) is 0 Å². The molecule has 37 heavy (non-hydrogen) atoms. The summed E-state index contributed by atoms with van der Waals surface area (Å²) in [6, 6.07) is 20.6. The Hall–Kier alpha value is -3.61. The number of nitrogens with zero attached hydrogens (tertiary/aromatic N) is 2. The first-order chi connectivity index (χ1) is 17.8. The molecule has 8 heteroatoms. The van der Waals surface area contributed by atoms with Gasteiger partial charge in [-0.2, -0.15) is 0 Å². The van der Waals surface area contributed by atoms with Crippen molar-refractivity contribution < 1.29 is 19.5 Å². The Labute approximate surface area is 224 Å². The summed E-state index contributed by atoms with van der Waals surface area (Å²) in [5.41, 5.74) is 4.24. The predicted molar refractivity (Wildman–Crippen MR) is 146 cm³/mol. The maximum atomic E-state index is 11.2. The molecule has 0 aliphatic carbocycles. The molecule has 1 aliphatic heterocycles. The molecule has 3 aromatic carbocycles. The first kappa shape index (κ1) is 25.1. The van der Waals surface area contributed by atoms with E-state index in [2.05, 4.69) is 24.0 Å². The minimum Gasteiger partial charge on any atom is -0.493 e. The van der Waals surface area contributed by atoms with Crippen LogP contribution in [0.1, 0.15) is 29.8 Å². The van der Waals surface area contributed by atoms with Gasteiger partial charge in [0.25, 0.3) is 0 Å². The number of hydrogen-bond acceptors (Lipinski definition) is 5. The summed E-state index contributed by atoms with van der Waals surface area (Å²) in [5, 5.41) is 15.4. The highest BCUT2D eigenvalue weighted by molar-refractivity contribution is 6.40. The van der Waals surface area contributed by atoms with Crippen molar-refractivity contribution in [3.63, 3.8) is 0 Å². The van der Waals surface area contributed by atoms with E-state index in [1.807, 2.05) is 42.5 Å². The van der Waals surface area contributed by atoms with Crippen molar-refractivity contribution in [1.82, 2.24) is 4.98 Å². The zero-order chi connectivity index (χ0) is 26.1. The van der Waals surface area contributed by atoms with Gasteiger partial charge in [0.2, 0.25) is 0 Å². The van der Waals surface area contributed by atoms with Gasteiger partial charge in [0, 0.05) is 17.1 Å². The van der Waals surface area contributed by atoms with E-state index in [9.17, 15) is 9.90 Å². The van der Waals surface area contributed by atoms with Crippen molar-refractivity contribution in [3.8, 4) is 16.9 Å². The Bertz CT molecular complexity index is 1480. The van der Waals surface area contributed by atoms with E-state index in [1.54, 1.807) is 24.3 Å². The standard InChI is InChI=1S/C29H24Cl2N2O4/c1-16(2)28-22(27(33-37-28)26-23(30)4-3-5-24(26)31)15-36-21-10-8-17(9-11-21)18-6-7-19-12-20(29(34)35)14-32-25(19)13-18/h3-14,16,22,28H,15H2,1-2H3,(H,34,35). The number of hydrogen-bond donors (Lipinski definition) is 1.